The maximum atomic E-state index is 12.1. The van der Waals surface area contributed by atoms with E-state index < -0.39 is 10.0 Å². The van der Waals surface area contributed by atoms with Crippen molar-refractivity contribution in [3.8, 4) is 0 Å². The molecule has 0 fully saturated rings. The van der Waals surface area contributed by atoms with Crippen LogP contribution in [0.4, 0.5) is 5.69 Å². The molecule has 0 atom stereocenters. The predicted octanol–water partition coefficient (Wildman–Crippen LogP) is 1.19. The van der Waals surface area contributed by atoms with Gasteiger partial charge in [0.05, 0.1) is 11.6 Å². The molecule has 0 radical (unpaired) electrons. The Kier molecular flexibility index (Phi) is 4.76. The molecule has 0 heterocycles. The van der Waals surface area contributed by atoms with Crippen molar-refractivity contribution in [3.05, 3.63) is 23.2 Å². The Balaban J connectivity index is 3.04. The van der Waals surface area contributed by atoms with Crippen LogP contribution in [0.1, 0.15) is 0 Å². The van der Waals surface area contributed by atoms with Crippen LogP contribution in [-0.2, 0) is 14.8 Å². The van der Waals surface area contributed by atoms with Crippen molar-refractivity contribution in [1.29, 1.82) is 0 Å². The maximum Gasteiger partial charge on any atom is 0.244 e. The molecule has 0 spiro atoms. The number of hydrogen-bond donors (Lipinski definition) is 1. The minimum absolute atomic E-state index is 0.0481. The highest BCUT2D eigenvalue weighted by molar-refractivity contribution is 7.89. The zero-order valence-electron chi connectivity index (χ0n) is 9.68. The summed E-state index contributed by atoms with van der Waals surface area (Å²) in [6.07, 6.45) is 0. The van der Waals surface area contributed by atoms with Gasteiger partial charge in [-0.3, -0.25) is 0 Å². The number of likely N-dealkylation sites (N-methyl/N-ethyl adjacent to an activating group) is 1. The first-order valence-corrected chi connectivity index (χ1v) is 6.71. The van der Waals surface area contributed by atoms with Crippen LogP contribution < -0.4 is 5.73 Å². The standard InChI is InChI=1S/C10H15ClN2O3S/c1-13(5-6-16-2)17(14,15)10-4-3-8(12)7-9(10)11/h3-4,7H,5-6,12H2,1-2H3. The summed E-state index contributed by atoms with van der Waals surface area (Å²) in [4.78, 5) is 0.0481. The van der Waals surface area contributed by atoms with E-state index in [0.29, 0.717) is 12.3 Å². The maximum absolute atomic E-state index is 12.1. The van der Waals surface area contributed by atoms with Crippen molar-refractivity contribution in [2.75, 3.05) is 33.0 Å². The van der Waals surface area contributed by atoms with E-state index in [2.05, 4.69) is 0 Å². The third-order valence-corrected chi connectivity index (χ3v) is 4.59. The molecule has 1 aromatic rings. The summed E-state index contributed by atoms with van der Waals surface area (Å²) in [6.45, 7) is 0.585. The lowest BCUT2D eigenvalue weighted by atomic mass is 10.3. The number of nitrogens with two attached hydrogens (primary N) is 1. The Morgan fingerprint density at radius 3 is 2.65 bits per heavy atom. The van der Waals surface area contributed by atoms with Crippen LogP contribution in [0.25, 0.3) is 0 Å². The van der Waals surface area contributed by atoms with Crippen LogP contribution in [0, 0.1) is 0 Å². The monoisotopic (exact) mass is 278 g/mol. The molecule has 0 bridgehead atoms. The Morgan fingerprint density at radius 2 is 2.12 bits per heavy atom. The summed E-state index contributed by atoms with van der Waals surface area (Å²) >= 11 is 5.88. The van der Waals surface area contributed by atoms with Crippen molar-refractivity contribution < 1.29 is 13.2 Å². The highest BCUT2D eigenvalue weighted by Crippen LogP contribution is 2.25. The van der Waals surface area contributed by atoms with Crippen LogP contribution in [0.2, 0.25) is 5.02 Å². The van der Waals surface area contributed by atoms with Crippen molar-refractivity contribution in [3.63, 3.8) is 0 Å². The summed E-state index contributed by atoms with van der Waals surface area (Å²) in [5, 5.41) is 0.120. The molecule has 0 amide bonds. The van der Waals surface area contributed by atoms with Gasteiger partial charge >= 0.3 is 0 Å². The van der Waals surface area contributed by atoms with Gasteiger partial charge in [0.2, 0.25) is 10.0 Å². The average molecular weight is 279 g/mol. The minimum atomic E-state index is -3.59. The van der Waals surface area contributed by atoms with Gasteiger partial charge in [-0.25, -0.2) is 8.42 Å². The van der Waals surface area contributed by atoms with Crippen molar-refractivity contribution in [2.45, 2.75) is 4.90 Å². The summed E-state index contributed by atoms with van der Waals surface area (Å²) in [6, 6.07) is 4.32. The molecule has 7 heteroatoms. The second-order valence-corrected chi connectivity index (χ2v) is 5.93. The second kappa shape index (κ2) is 5.68. The fraction of sp³-hybridized carbons (Fsp3) is 0.400. The smallest absolute Gasteiger partial charge is 0.244 e. The number of ether oxygens (including phenoxy) is 1. The lowest BCUT2D eigenvalue weighted by Gasteiger charge is -2.17. The lowest BCUT2D eigenvalue weighted by Crippen LogP contribution is -2.30. The normalized spacial score (nSPS) is 12.0. The van der Waals surface area contributed by atoms with Crippen LogP contribution in [0.3, 0.4) is 0 Å². The number of benzene rings is 1. The third-order valence-electron chi connectivity index (χ3n) is 2.25. The molecule has 0 unspecified atom stereocenters. The number of halogens is 1. The SMILES string of the molecule is COCCN(C)S(=O)(=O)c1ccc(N)cc1Cl. The molecule has 0 aliphatic carbocycles. The Bertz CT molecular complexity index is 490. The molecule has 1 rings (SSSR count). The second-order valence-electron chi connectivity index (χ2n) is 3.51. The van der Waals surface area contributed by atoms with Gasteiger partial charge in [-0.1, -0.05) is 11.6 Å². The van der Waals surface area contributed by atoms with Gasteiger partial charge in [0.1, 0.15) is 4.90 Å². The first-order valence-electron chi connectivity index (χ1n) is 4.90. The first kappa shape index (κ1) is 14.2. The van der Waals surface area contributed by atoms with Crippen molar-refractivity contribution in [1.82, 2.24) is 4.31 Å². The molecule has 0 saturated carbocycles. The van der Waals surface area contributed by atoms with Crippen LogP contribution in [-0.4, -0.2) is 40.0 Å². The van der Waals surface area contributed by atoms with E-state index in [0.717, 1.165) is 0 Å². The van der Waals surface area contributed by atoms with Gasteiger partial charge in [-0.05, 0) is 18.2 Å². The van der Waals surface area contributed by atoms with Gasteiger partial charge < -0.3 is 10.5 Å². The minimum Gasteiger partial charge on any atom is -0.399 e. The van der Waals surface area contributed by atoms with E-state index in [9.17, 15) is 8.42 Å². The zero-order valence-corrected chi connectivity index (χ0v) is 11.3. The van der Waals surface area contributed by atoms with E-state index in [-0.39, 0.29) is 16.5 Å². The molecule has 5 nitrogen and oxygen atoms in total. The molecule has 0 aliphatic heterocycles. The Labute approximate surface area is 106 Å². The average Bonchev–Trinajstić information content (AvgIpc) is 2.25. The number of rotatable bonds is 5. The number of nitrogen functional groups attached to an aromatic ring is 1. The van der Waals surface area contributed by atoms with E-state index >= 15 is 0 Å². The zero-order chi connectivity index (χ0) is 13.1. The number of methoxy groups -OCH3 is 1. The number of hydrogen-bond acceptors (Lipinski definition) is 4. The Hall–Kier alpha value is -0.820. The van der Waals surface area contributed by atoms with Crippen molar-refractivity contribution in [2.24, 2.45) is 0 Å². The topological polar surface area (TPSA) is 72.6 Å². The number of sulfonamides is 1. The summed E-state index contributed by atoms with van der Waals surface area (Å²) in [7, 11) is -0.609. The van der Waals surface area contributed by atoms with Crippen LogP contribution in [0.5, 0.6) is 0 Å². The van der Waals surface area contributed by atoms with Crippen LogP contribution in [0.15, 0.2) is 23.1 Å². The van der Waals surface area contributed by atoms with E-state index in [1.165, 1.54) is 36.7 Å². The third kappa shape index (κ3) is 3.32. The summed E-state index contributed by atoms with van der Waals surface area (Å²) in [5.74, 6) is 0. The number of nitrogens with zero attached hydrogens (tertiary/aromatic N) is 1. The summed E-state index contributed by atoms with van der Waals surface area (Å²) < 4.78 is 30.3. The first-order chi connectivity index (χ1) is 7.89. The molecule has 0 aliphatic rings. The molecule has 1 aromatic carbocycles. The molecule has 0 aromatic heterocycles. The van der Waals surface area contributed by atoms with Gasteiger partial charge in [-0.15, -0.1) is 0 Å². The molecule has 17 heavy (non-hydrogen) atoms. The molecular weight excluding hydrogens is 264 g/mol. The van der Waals surface area contributed by atoms with Gasteiger partial charge in [0, 0.05) is 26.4 Å². The highest BCUT2D eigenvalue weighted by Gasteiger charge is 2.23. The molecule has 2 N–H and O–H groups in total. The fourth-order valence-electron chi connectivity index (χ4n) is 1.23. The molecular formula is C10H15ClN2O3S. The predicted molar refractivity (Wildman–Crippen MR) is 67.6 cm³/mol. The van der Waals surface area contributed by atoms with E-state index in [1.807, 2.05) is 0 Å². The summed E-state index contributed by atoms with van der Waals surface area (Å²) in [5.41, 5.74) is 5.94. The quantitative estimate of drug-likeness (QED) is 0.821. The lowest BCUT2D eigenvalue weighted by molar-refractivity contribution is 0.185. The van der Waals surface area contributed by atoms with E-state index in [1.54, 1.807) is 0 Å². The van der Waals surface area contributed by atoms with Crippen molar-refractivity contribution >= 4 is 27.3 Å². The van der Waals surface area contributed by atoms with E-state index in [4.69, 9.17) is 22.1 Å². The molecule has 96 valence electrons. The van der Waals surface area contributed by atoms with Gasteiger partial charge in [0.15, 0.2) is 0 Å². The van der Waals surface area contributed by atoms with Gasteiger partial charge in [-0.2, -0.15) is 4.31 Å². The van der Waals surface area contributed by atoms with Gasteiger partial charge in [0.25, 0.3) is 0 Å². The largest absolute Gasteiger partial charge is 0.399 e. The Morgan fingerprint density at radius 1 is 1.47 bits per heavy atom. The molecule has 0 saturated heterocycles. The van der Waals surface area contributed by atoms with Crippen LogP contribution >= 0.6 is 11.6 Å². The number of anilines is 1. The highest BCUT2D eigenvalue weighted by atomic mass is 35.5. The fourth-order valence-corrected chi connectivity index (χ4v) is 2.91.